The van der Waals surface area contributed by atoms with Crippen molar-refractivity contribution in [3.63, 3.8) is 0 Å². The number of ether oxygens (including phenoxy) is 5. The Labute approximate surface area is 463 Å². The van der Waals surface area contributed by atoms with Crippen molar-refractivity contribution in [3.8, 4) is 50.3 Å². The molecule has 410 valence electrons. The highest BCUT2D eigenvalue weighted by Gasteiger charge is 2.30. The summed E-state index contributed by atoms with van der Waals surface area (Å²) in [5.74, 6) is -0.858. The lowest BCUT2D eigenvalue weighted by Gasteiger charge is -2.34. The van der Waals surface area contributed by atoms with Crippen LogP contribution < -0.4 is 14.2 Å². The largest absolute Gasteiger partial charge is 0.496 e. The van der Waals surface area contributed by atoms with Crippen LogP contribution in [-0.2, 0) is 45.1 Å². The van der Waals surface area contributed by atoms with E-state index in [2.05, 4.69) is 31.8 Å². The highest BCUT2D eigenvalue weighted by Crippen LogP contribution is 2.49. The van der Waals surface area contributed by atoms with Gasteiger partial charge in [0.2, 0.25) is 12.0 Å². The fraction of sp³-hybridized carbons (Fsp3) is 0.373. The molecule has 1 amide bonds. The molecule has 3 aromatic heterocycles. The van der Waals surface area contributed by atoms with Crippen molar-refractivity contribution in [2.45, 2.75) is 91.8 Å². The first kappa shape index (κ1) is 56.9. The summed E-state index contributed by atoms with van der Waals surface area (Å²) in [6.45, 7) is 17.6. The number of rotatable bonds is 19. The molecule has 4 heterocycles. The molecule has 1 atom stereocenters. The summed E-state index contributed by atoms with van der Waals surface area (Å²) in [5, 5.41) is 11.8. The molecule has 0 bridgehead atoms. The van der Waals surface area contributed by atoms with Crippen LogP contribution in [0.4, 0.5) is 9.18 Å². The van der Waals surface area contributed by atoms with Crippen molar-refractivity contribution < 1.29 is 47.6 Å². The molecule has 1 fully saturated rings. The predicted octanol–water partition coefficient (Wildman–Crippen LogP) is 11.1. The van der Waals surface area contributed by atoms with Crippen molar-refractivity contribution >= 4 is 51.2 Å². The second-order valence-corrected chi connectivity index (χ2v) is 22.5. The number of nitrogens with zero attached hydrogens (tertiary/aromatic N) is 7. The number of carboxylic acids is 1. The van der Waals surface area contributed by atoms with E-state index in [4.69, 9.17) is 40.3 Å². The summed E-state index contributed by atoms with van der Waals surface area (Å²) >= 11 is 8.67. The van der Waals surface area contributed by atoms with Crippen molar-refractivity contribution in [1.29, 1.82) is 0 Å². The Morgan fingerprint density at radius 1 is 0.859 bits per heavy atom. The molecule has 1 saturated heterocycles. The number of esters is 1. The zero-order chi connectivity index (χ0) is 55.9. The second-order valence-electron chi connectivity index (χ2n) is 21.1. The highest BCUT2D eigenvalue weighted by molar-refractivity contribution is 7.22. The zero-order valence-corrected chi connectivity index (χ0v) is 47.0. The molecule has 0 saturated carbocycles. The second kappa shape index (κ2) is 24.6. The fourth-order valence-corrected chi connectivity index (χ4v) is 10.4. The Kier molecular flexibility index (Phi) is 18.0. The van der Waals surface area contributed by atoms with Crippen LogP contribution in [0.2, 0.25) is 5.02 Å². The zero-order valence-electron chi connectivity index (χ0n) is 45.4. The maximum atomic E-state index is 14.5. The average molecular weight is 1100 g/mol. The summed E-state index contributed by atoms with van der Waals surface area (Å²) in [6, 6.07) is 24.1. The summed E-state index contributed by atoms with van der Waals surface area (Å²) in [4.78, 5) is 66.2. The lowest BCUT2D eigenvalue weighted by molar-refractivity contribution is -0.154. The molecular formula is C59H65ClFN7O9S. The molecule has 1 N–H and O–H groups in total. The number of fused-ring (bicyclic) bond motifs is 1. The number of carbonyl (C=O) groups excluding carboxylic acids is 2. The Morgan fingerprint density at radius 2 is 1.59 bits per heavy atom. The first-order valence-electron chi connectivity index (χ1n) is 25.6. The molecule has 8 rings (SSSR count). The first-order valence-corrected chi connectivity index (χ1v) is 26.8. The monoisotopic (exact) mass is 1100 g/mol. The predicted molar refractivity (Wildman–Crippen MR) is 299 cm³/mol. The van der Waals surface area contributed by atoms with Crippen molar-refractivity contribution in [2.75, 3.05) is 53.4 Å². The third kappa shape index (κ3) is 14.5. The van der Waals surface area contributed by atoms with Gasteiger partial charge in [-0.3, -0.25) is 9.69 Å². The van der Waals surface area contributed by atoms with E-state index in [1.54, 1.807) is 75.4 Å². The number of para-hydroxylation sites is 1. The lowest BCUT2D eigenvalue weighted by Crippen LogP contribution is -2.48. The van der Waals surface area contributed by atoms with Crippen LogP contribution in [0.15, 0.2) is 97.5 Å². The van der Waals surface area contributed by atoms with E-state index in [1.807, 2.05) is 64.1 Å². The quantitative estimate of drug-likeness (QED) is 0.0756. The van der Waals surface area contributed by atoms with Crippen molar-refractivity contribution in [1.82, 2.24) is 34.6 Å². The topological polar surface area (TPSA) is 179 Å². The molecule has 1 unspecified atom stereocenters. The number of amides is 1. The molecular weight excluding hydrogens is 1040 g/mol. The smallest absolute Gasteiger partial charge is 0.410 e. The van der Waals surface area contributed by atoms with E-state index in [0.29, 0.717) is 101 Å². The van der Waals surface area contributed by atoms with Crippen LogP contribution in [0.1, 0.15) is 69.5 Å². The summed E-state index contributed by atoms with van der Waals surface area (Å²) in [5.41, 5.74) is 4.01. The van der Waals surface area contributed by atoms with Crippen LogP contribution in [0, 0.1) is 12.7 Å². The third-order valence-corrected chi connectivity index (χ3v) is 14.5. The first-order chi connectivity index (χ1) is 37.1. The average Bonchev–Trinajstić information content (AvgIpc) is 3.88. The number of carboxylic acid groups (broad SMARTS) is 1. The lowest BCUT2D eigenvalue weighted by atomic mass is 9.94. The number of benzene rings is 4. The van der Waals surface area contributed by atoms with Gasteiger partial charge in [0.15, 0.2) is 5.82 Å². The molecule has 7 aromatic rings. The van der Waals surface area contributed by atoms with E-state index >= 15 is 0 Å². The minimum Gasteiger partial charge on any atom is -0.496 e. The van der Waals surface area contributed by atoms with E-state index < -0.39 is 41.2 Å². The van der Waals surface area contributed by atoms with Crippen LogP contribution in [0.5, 0.6) is 17.4 Å². The Morgan fingerprint density at radius 3 is 2.29 bits per heavy atom. The van der Waals surface area contributed by atoms with Gasteiger partial charge >= 0.3 is 18.0 Å². The standard InChI is InChI=1S/C59H65ClFN7O9S/c1-36-43(20-17-39(51(36)60)33-68(57(72)77-59(5,6)7)29-28-67-26-24-66(8)25-27-67)49-50-54(63-35-64-55(50)78-52(49)38-15-18-41(61)19-16-38)75-47(56(70)71)32-40-30-37(31-48(69)76-58(2,3)4)14-21-45(40)74-34-42-22-23-62-53(65-42)44-12-10-11-13-46(44)73-9/h10-23,30,35,47H,24-29,31-34H2,1-9H3,(H,70,71). The summed E-state index contributed by atoms with van der Waals surface area (Å²) in [6.07, 6.45) is 0.583. The van der Waals surface area contributed by atoms with E-state index in [1.165, 1.54) is 29.8 Å². The van der Waals surface area contributed by atoms with Gasteiger partial charge in [0.1, 0.15) is 46.3 Å². The number of aliphatic carboxylic acids is 1. The SMILES string of the molecule is COc1ccccc1-c1nccc(COc2ccc(CC(=O)OC(C)(C)C)cc2CC(Oc2ncnc3sc(-c4ccc(F)cc4)c(-c4ccc(CN(CCN5CCN(C)CC5)C(=O)OC(C)(C)C)c(Cl)c4C)c23)C(=O)O)n1. The molecule has 78 heavy (non-hydrogen) atoms. The molecule has 0 radical (unpaired) electrons. The van der Waals surface area contributed by atoms with Gasteiger partial charge in [0, 0.05) is 67.3 Å². The minimum absolute atomic E-state index is 0.0189. The Bertz CT molecular complexity index is 3280. The molecule has 0 spiro atoms. The minimum atomic E-state index is -1.56. The van der Waals surface area contributed by atoms with Gasteiger partial charge in [-0.1, -0.05) is 60.1 Å². The highest BCUT2D eigenvalue weighted by atomic mass is 35.5. The number of hydrogen-bond acceptors (Lipinski definition) is 15. The van der Waals surface area contributed by atoms with Gasteiger partial charge in [-0.05, 0) is 125 Å². The van der Waals surface area contributed by atoms with Gasteiger partial charge in [-0.15, -0.1) is 11.3 Å². The Hall–Kier alpha value is -7.25. The maximum absolute atomic E-state index is 14.5. The van der Waals surface area contributed by atoms with Crippen LogP contribution in [0.3, 0.4) is 0 Å². The molecule has 0 aliphatic carbocycles. The molecule has 1 aliphatic heterocycles. The molecule has 1 aliphatic rings. The van der Waals surface area contributed by atoms with Gasteiger partial charge in [-0.2, -0.15) is 0 Å². The van der Waals surface area contributed by atoms with E-state index in [0.717, 1.165) is 26.2 Å². The van der Waals surface area contributed by atoms with Gasteiger partial charge in [0.25, 0.3) is 0 Å². The number of piperazine rings is 1. The molecule has 19 heteroatoms. The van der Waals surface area contributed by atoms with E-state index in [-0.39, 0.29) is 31.9 Å². The molecule has 4 aromatic carbocycles. The van der Waals surface area contributed by atoms with Gasteiger partial charge in [-0.25, -0.2) is 33.9 Å². The number of aromatic nitrogens is 4. The number of thiophene rings is 1. The normalized spacial score (nSPS) is 13.7. The van der Waals surface area contributed by atoms with Crippen LogP contribution in [0.25, 0.3) is 43.2 Å². The van der Waals surface area contributed by atoms with Crippen LogP contribution in [-0.4, -0.2) is 129 Å². The molecule has 16 nitrogen and oxygen atoms in total. The maximum Gasteiger partial charge on any atom is 0.410 e. The summed E-state index contributed by atoms with van der Waals surface area (Å²) < 4.78 is 44.5. The third-order valence-electron chi connectivity index (χ3n) is 12.9. The fourth-order valence-electron chi connectivity index (χ4n) is 8.98. The number of likely N-dealkylation sites (N-methyl/N-ethyl adjacent to an activating group) is 1. The Balaban J connectivity index is 1.15. The van der Waals surface area contributed by atoms with Crippen LogP contribution >= 0.6 is 22.9 Å². The summed E-state index contributed by atoms with van der Waals surface area (Å²) in [7, 11) is 3.67. The number of hydrogen-bond donors (Lipinski definition) is 1. The number of carbonyl (C=O) groups is 3. The number of halogens is 2. The van der Waals surface area contributed by atoms with Crippen molar-refractivity contribution in [2.24, 2.45) is 0 Å². The van der Waals surface area contributed by atoms with Crippen molar-refractivity contribution in [3.05, 3.63) is 136 Å². The van der Waals surface area contributed by atoms with Gasteiger partial charge in [0.05, 0.1) is 36.7 Å². The van der Waals surface area contributed by atoms with Gasteiger partial charge < -0.3 is 38.6 Å². The van der Waals surface area contributed by atoms with E-state index in [9.17, 15) is 23.9 Å². The number of methoxy groups -OCH3 is 1.